The SMILES string of the molecule is COCCNC(=O)CSc1ccccc1C(=O)OCc1cc(C)on1. The number of thioether (sulfide) groups is 1. The molecular formula is C17H20N2O5S. The third-order valence-corrected chi connectivity index (χ3v) is 4.20. The number of aromatic nitrogens is 1. The summed E-state index contributed by atoms with van der Waals surface area (Å²) in [4.78, 5) is 24.7. The number of carbonyl (C=O) groups is 2. The van der Waals surface area contributed by atoms with Crippen LogP contribution in [0, 0.1) is 6.92 Å². The number of nitrogens with one attached hydrogen (secondary N) is 1. The zero-order valence-corrected chi connectivity index (χ0v) is 14.9. The van der Waals surface area contributed by atoms with Crippen molar-refractivity contribution in [1.82, 2.24) is 10.5 Å². The molecule has 7 nitrogen and oxygen atoms in total. The number of esters is 1. The summed E-state index contributed by atoms with van der Waals surface area (Å²) in [5, 5.41) is 6.51. The molecule has 0 unspecified atom stereocenters. The van der Waals surface area contributed by atoms with E-state index in [1.54, 1.807) is 38.3 Å². The summed E-state index contributed by atoms with van der Waals surface area (Å²) in [6.45, 7) is 2.71. The van der Waals surface area contributed by atoms with Gasteiger partial charge in [0.25, 0.3) is 0 Å². The molecule has 0 fully saturated rings. The van der Waals surface area contributed by atoms with Crippen molar-refractivity contribution in [3.8, 4) is 0 Å². The highest BCUT2D eigenvalue weighted by molar-refractivity contribution is 8.00. The molecule has 1 amide bonds. The molecule has 25 heavy (non-hydrogen) atoms. The molecule has 0 aliphatic carbocycles. The number of hydrogen-bond acceptors (Lipinski definition) is 7. The molecule has 0 aliphatic rings. The summed E-state index contributed by atoms with van der Waals surface area (Å²) in [6, 6.07) is 8.71. The van der Waals surface area contributed by atoms with Crippen LogP contribution in [-0.4, -0.2) is 43.0 Å². The van der Waals surface area contributed by atoms with E-state index in [9.17, 15) is 9.59 Å². The molecule has 1 N–H and O–H groups in total. The lowest BCUT2D eigenvalue weighted by molar-refractivity contribution is -0.118. The van der Waals surface area contributed by atoms with E-state index in [0.717, 1.165) is 0 Å². The minimum Gasteiger partial charge on any atom is -0.455 e. The smallest absolute Gasteiger partial charge is 0.339 e. The topological polar surface area (TPSA) is 90.7 Å². The molecule has 1 heterocycles. The predicted molar refractivity (Wildman–Crippen MR) is 92.4 cm³/mol. The molecule has 134 valence electrons. The highest BCUT2D eigenvalue weighted by atomic mass is 32.2. The second kappa shape index (κ2) is 9.85. The molecule has 0 saturated carbocycles. The lowest BCUT2D eigenvalue weighted by Gasteiger charge is -2.09. The van der Waals surface area contributed by atoms with Crippen LogP contribution >= 0.6 is 11.8 Å². The van der Waals surface area contributed by atoms with E-state index in [2.05, 4.69) is 10.5 Å². The Kier molecular flexibility index (Phi) is 7.49. The number of nitrogens with zero attached hydrogens (tertiary/aromatic N) is 1. The molecule has 0 bridgehead atoms. The van der Waals surface area contributed by atoms with Crippen LogP contribution in [0.25, 0.3) is 0 Å². The van der Waals surface area contributed by atoms with E-state index in [4.69, 9.17) is 14.0 Å². The zero-order valence-electron chi connectivity index (χ0n) is 14.1. The van der Waals surface area contributed by atoms with Gasteiger partial charge in [0.05, 0.1) is 17.9 Å². The molecule has 0 saturated heterocycles. The second-order valence-electron chi connectivity index (χ2n) is 5.13. The van der Waals surface area contributed by atoms with E-state index in [1.165, 1.54) is 11.8 Å². The molecule has 2 aromatic rings. The maximum absolute atomic E-state index is 12.3. The molecule has 0 atom stereocenters. The van der Waals surface area contributed by atoms with Gasteiger partial charge in [-0.05, 0) is 19.1 Å². The third-order valence-electron chi connectivity index (χ3n) is 3.12. The van der Waals surface area contributed by atoms with Gasteiger partial charge in [-0.15, -0.1) is 11.8 Å². The summed E-state index contributed by atoms with van der Waals surface area (Å²) in [5.74, 6) is 0.268. The number of hydrogen-bond donors (Lipinski definition) is 1. The first kappa shape index (κ1) is 19.0. The monoisotopic (exact) mass is 364 g/mol. The maximum atomic E-state index is 12.3. The zero-order chi connectivity index (χ0) is 18.1. The quantitative estimate of drug-likeness (QED) is 0.414. The van der Waals surface area contributed by atoms with E-state index in [1.807, 2.05) is 6.07 Å². The average molecular weight is 364 g/mol. The summed E-state index contributed by atoms with van der Waals surface area (Å²) in [6.07, 6.45) is 0. The Bertz CT molecular complexity index is 717. The first-order chi connectivity index (χ1) is 12.1. The van der Waals surface area contributed by atoms with Crippen LogP contribution < -0.4 is 5.32 Å². The average Bonchev–Trinajstić information content (AvgIpc) is 3.04. The first-order valence-corrected chi connectivity index (χ1v) is 8.65. The van der Waals surface area contributed by atoms with Crippen LogP contribution in [0.5, 0.6) is 0 Å². The van der Waals surface area contributed by atoms with Gasteiger partial charge in [-0.2, -0.15) is 0 Å². The highest BCUT2D eigenvalue weighted by Gasteiger charge is 2.15. The minimum absolute atomic E-state index is 0.0344. The molecule has 0 aliphatic heterocycles. The maximum Gasteiger partial charge on any atom is 0.339 e. The van der Waals surface area contributed by atoms with Crippen molar-refractivity contribution in [3.63, 3.8) is 0 Å². The van der Waals surface area contributed by atoms with Crippen LogP contribution in [-0.2, 0) is 20.9 Å². The predicted octanol–water partition coefficient (Wildman–Crippen LogP) is 2.19. The molecular weight excluding hydrogens is 344 g/mol. The number of carbonyl (C=O) groups excluding carboxylic acids is 2. The normalized spacial score (nSPS) is 10.5. The summed E-state index contributed by atoms with van der Waals surface area (Å²) in [7, 11) is 1.57. The van der Waals surface area contributed by atoms with Gasteiger partial charge in [0.2, 0.25) is 5.91 Å². The van der Waals surface area contributed by atoms with Crippen molar-refractivity contribution in [2.75, 3.05) is 26.0 Å². The fourth-order valence-corrected chi connectivity index (χ4v) is 2.82. The van der Waals surface area contributed by atoms with Gasteiger partial charge in [0.1, 0.15) is 18.1 Å². The number of rotatable bonds is 9. The standard InChI is InChI=1S/C17H20N2O5S/c1-12-9-13(19-24-12)10-23-17(21)14-5-3-4-6-15(14)25-11-16(20)18-7-8-22-2/h3-6,9H,7-8,10-11H2,1-2H3,(H,18,20). The third kappa shape index (κ3) is 6.24. The van der Waals surface area contributed by atoms with Crippen LogP contribution in [0.2, 0.25) is 0 Å². The van der Waals surface area contributed by atoms with E-state index >= 15 is 0 Å². The summed E-state index contributed by atoms with van der Waals surface area (Å²) >= 11 is 1.28. The van der Waals surface area contributed by atoms with Crippen molar-refractivity contribution in [1.29, 1.82) is 0 Å². The molecule has 8 heteroatoms. The van der Waals surface area contributed by atoms with Crippen molar-refractivity contribution < 1.29 is 23.6 Å². The van der Waals surface area contributed by atoms with Gasteiger partial charge < -0.3 is 19.3 Å². The molecule has 1 aromatic heterocycles. The van der Waals surface area contributed by atoms with E-state index < -0.39 is 5.97 Å². The Labute approximate surface area is 150 Å². The lowest BCUT2D eigenvalue weighted by atomic mass is 10.2. The number of benzene rings is 1. The molecule has 1 aromatic carbocycles. The molecule has 2 rings (SSSR count). The number of methoxy groups -OCH3 is 1. The van der Waals surface area contributed by atoms with Crippen molar-refractivity contribution >= 4 is 23.6 Å². The van der Waals surface area contributed by atoms with Gasteiger partial charge in [0.15, 0.2) is 0 Å². The number of aryl methyl sites for hydroxylation is 1. The van der Waals surface area contributed by atoms with E-state index in [0.29, 0.717) is 35.1 Å². The number of ether oxygens (including phenoxy) is 2. The van der Waals surface area contributed by atoms with Crippen LogP contribution in [0.3, 0.4) is 0 Å². The largest absolute Gasteiger partial charge is 0.455 e. The molecule has 0 radical (unpaired) electrons. The van der Waals surface area contributed by atoms with Gasteiger partial charge in [-0.3, -0.25) is 4.79 Å². The lowest BCUT2D eigenvalue weighted by Crippen LogP contribution is -2.28. The van der Waals surface area contributed by atoms with Gasteiger partial charge in [-0.1, -0.05) is 17.3 Å². The minimum atomic E-state index is -0.469. The summed E-state index contributed by atoms with van der Waals surface area (Å²) < 4.78 is 15.1. The molecule has 0 spiro atoms. The Balaban J connectivity index is 1.90. The van der Waals surface area contributed by atoms with Crippen LogP contribution in [0.1, 0.15) is 21.8 Å². The first-order valence-electron chi connectivity index (χ1n) is 7.67. The van der Waals surface area contributed by atoms with E-state index in [-0.39, 0.29) is 18.3 Å². The van der Waals surface area contributed by atoms with Crippen molar-refractivity contribution in [3.05, 3.63) is 47.3 Å². The van der Waals surface area contributed by atoms with Gasteiger partial charge in [0, 0.05) is 24.6 Å². The number of amides is 1. The van der Waals surface area contributed by atoms with Gasteiger partial charge in [-0.25, -0.2) is 4.79 Å². The highest BCUT2D eigenvalue weighted by Crippen LogP contribution is 2.23. The summed E-state index contributed by atoms with van der Waals surface area (Å²) in [5.41, 5.74) is 0.964. The van der Waals surface area contributed by atoms with Crippen molar-refractivity contribution in [2.24, 2.45) is 0 Å². The van der Waals surface area contributed by atoms with Gasteiger partial charge >= 0.3 is 5.97 Å². The Morgan fingerprint density at radius 1 is 1.32 bits per heavy atom. The van der Waals surface area contributed by atoms with Crippen molar-refractivity contribution in [2.45, 2.75) is 18.4 Å². The fraction of sp³-hybridized carbons (Fsp3) is 0.353. The Hall–Kier alpha value is -2.32. The Morgan fingerprint density at radius 2 is 2.12 bits per heavy atom. The Morgan fingerprint density at radius 3 is 2.84 bits per heavy atom. The second-order valence-corrected chi connectivity index (χ2v) is 6.15. The van der Waals surface area contributed by atoms with Crippen LogP contribution in [0.4, 0.5) is 0 Å². The fourth-order valence-electron chi connectivity index (χ4n) is 1.95. The van der Waals surface area contributed by atoms with Crippen LogP contribution in [0.15, 0.2) is 39.8 Å².